The zero-order valence-electron chi connectivity index (χ0n) is 9.96. The normalized spacial score (nSPS) is 10.1. The van der Waals surface area contributed by atoms with Gasteiger partial charge >= 0.3 is 0 Å². The van der Waals surface area contributed by atoms with Crippen LogP contribution >= 0.6 is 0 Å². The third kappa shape index (κ3) is 2.79. The fourth-order valence-corrected chi connectivity index (χ4v) is 1.55. The van der Waals surface area contributed by atoms with Gasteiger partial charge in [-0.2, -0.15) is 5.10 Å². The van der Waals surface area contributed by atoms with E-state index in [1.165, 1.54) is 11.8 Å². The number of ether oxygens (including phenoxy) is 1. The Balaban J connectivity index is 2.08. The zero-order valence-corrected chi connectivity index (χ0v) is 9.96. The smallest absolute Gasteiger partial charge is 0.246 e. The highest BCUT2D eigenvalue weighted by atomic mass is 16.5. The third-order valence-electron chi connectivity index (χ3n) is 2.36. The minimum atomic E-state index is -0.192. The lowest BCUT2D eigenvalue weighted by Gasteiger charge is -2.10. The number of amides is 1. The fraction of sp³-hybridized carbons (Fsp3) is 0.167. The lowest BCUT2D eigenvalue weighted by molar-refractivity contribution is -0.116. The molecule has 6 nitrogen and oxygen atoms in total. The molecule has 0 bridgehead atoms. The number of rotatable bonds is 4. The standard InChI is InChI=1S/C12H14N4O2/c1-18-11-4-3-9(13)7-10(11)15-12(17)8-16-6-2-5-14-16/h2-7H,8,13H2,1H3,(H,15,17). The van der Waals surface area contributed by atoms with E-state index in [1.54, 1.807) is 36.7 Å². The van der Waals surface area contributed by atoms with Gasteiger partial charge in [0.05, 0.1) is 12.8 Å². The van der Waals surface area contributed by atoms with E-state index in [-0.39, 0.29) is 12.5 Å². The van der Waals surface area contributed by atoms with Crippen LogP contribution in [0.5, 0.6) is 5.75 Å². The zero-order chi connectivity index (χ0) is 13.0. The van der Waals surface area contributed by atoms with Crippen molar-refractivity contribution in [3.8, 4) is 5.75 Å². The van der Waals surface area contributed by atoms with Gasteiger partial charge in [-0.3, -0.25) is 9.48 Å². The third-order valence-corrected chi connectivity index (χ3v) is 2.36. The molecule has 1 heterocycles. The molecule has 94 valence electrons. The monoisotopic (exact) mass is 246 g/mol. The van der Waals surface area contributed by atoms with E-state index in [9.17, 15) is 4.79 Å². The molecule has 0 aliphatic carbocycles. The fourth-order valence-electron chi connectivity index (χ4n) is 1.55. The first-order valence-corrected chi connectivity index (χ1v) is 5.40. The van der Waals surface area contributed by atoms with E-state index >= 15 is 0 Å². The molecule has 0 unspecified atom stereocenters. The minimum absolute atomic E-state index is 0.144. The number of hydrogen-bond donors (Lipinski definition) is 2. The first-order valence-electron chi connectivity index (χ1n) is 5.40. The Hall–Kier alpha value is -2.50. The van der Waals surface area contributed by atoms with Crippen LogP contribution in [0.3, 0.4) is 0 Å². The number of methoxy groups -OCH3 is 1. The summed E-state index contributed by atoms with van der Waals surface area (Å²) in [5.74, 6) is 0.376. The van der Waals surface area contributed by atoms with Crippen LogP contribution in [-0.4, -0.2) is 22.8 Å². The molecule has 0 saturated heterocycles. The summed E-state index contributed by atoms with van der Waals surface area (Å²) in [6, 6.07) is 6.83. The van der Waals surface area contributed by atoms with Gasteiger partial charge in [-0.25, -0.2) is 0 Å². The summed E-state index contributed by atoms with van der Waals surface area (Å²) in [4.78, 5) is 11.8. The maximum Gasteiger partial charge on any atom is 0.246 e. The predicted molar refractivity (Wildman–Crippen MR) is 68.3 cm³/mol. The van der Waals surface area contributed by atoms with E-state index in [0.717, 1.165) is 0 Å². The lowest BCUT2D eigenvalue weighted by atomic mass is 10.2. The molecule has 0 aliphatic rings. The van der Waals surface area contributed by atoms with Crippen LogP contribution in [0.2, 0.25) is 0 Å². The molecule has 0 atom stereocenters. The van der Waals surface area contributed by atoms with Crippen molar-refractivity contribution in [1.29, 1.82) is 0 Å². The van der Waals surface area contributed by atoms with Crippen molar-refractivity contribution < 1.29 is 9.53 Å². The van der Waals surface area contributed by atoms with Crippen LogP contribution in [0, 0.1) is 0 Å². The van der Waals surface area contributed by atoms with Crippen molar-refractivity contribution in [1.82, 2.24) is 9.78 Å². The molecule has 2 aromatic rings. The van der Waals surface area contributed by atoms with Gasteiger partial charge in [0.2, 0.25) is 5.91 Å². The Kier molecular flexibility index (Phi) is 3.47. The highest BCUT2D eigenvalue weighted by molar-refractivity contribution is 5.92. The van der Waals surface area contributed by atoms with Crippen molar-refractivity contribution in [2.24, 2.45) is 0 Å². The highest BCUT2D eigenvalue weighted by Crippen LogP contribution is 2.26. The molecule has 0 fully saturated rings. The summed E-state index contributed by atoms with van der Waals surface area (Å²) in [5.41, 5.74) is 6.78. The molecule has 0 radical (unpaired) electrons. The van der Waals surface area contributed by atoms with Gasteiger partial charge in [0, 0.05) is 18.1 Å². The lowest BCUT2D eigenvalue weighted by Crippen LogP contribution is -2.19. The maximum absolute atomic E-state index is 11.8. The summed E-state index contributed by atoms with van der Waals surface area (Å²) in [6.07, 6.45) is 3.34. The van der Waals surface area contributed by atoms with Crippen molar-refractivity contribution >= 4 is 17.3 Å². The van der Waals surface area contributed by atoms with Gasteiger partial charge in [0.25, 0.3) is 0 Å². The molecule has 2 rings (SSSR count). The van der Waals surface area contributed by atoms with Gasteiger partial charge in [-0.1, -0.05) is 0 Å². The van der Waals surface area contributed by atoms with Gasteiger partial charge in [0.15, 0.2) is 0 Å². The number of carbonyl (C=O) groups is 1. The number of hydrogen-bond acceptors (Lipinski definition) is 4. The Labute approximate surface area is 104 Å². The van der Waals surface area contributed by atoms with E-state index < -0.39 is 0 Å². The highest BCUT2D eigenvalue weighted by Gasteiger charge is 2.08. The van der Waals surface area contributed by atoms with Gasteiger partial charge < -0.3 is 15.8 Å². The van der Waals surface area contributed by atoms with Crippen LogP contribution in [0.25, 0.3) is 0 Å². The molecular weight excluding hydrogens is 232 g/mol. The minimum Gasteiger partial charge on any atom is -0.495 e. The molecule has 0 spiro atoms. The summed E-state index contributed by atoms with van der Waals surface area (Å²) < 4.78 is 6.68. The molecule has 3 N–H and O–H groups in total. The first kappa shape index (κ1) is 12.0. The summed E-state index contributed by atoms with van der Waals surface area (Å²) in [7, 11) is 1.54. The van der Waals surface area contributed by atoms with Crippen molar-refractivity contribution in [3.63, 3.8) is 0 Å². The Morgan fingerprint density at radius 1 is 1.56 bits per heavy atom. The topological polar surface area (TPSA) is 82.2 Å². The van der Waals surface area contributed by atoms with E-state index in [2.05, 4.69) is 10.4 Å². The summed E-state index contributed by atoms with van der Waals surface area (Å²) in [5, 5.41) is 6.69. The van der Waals surface area contributed by atoms with Crippen LogP contribution < -0.4 is 15.8 Å². The summed E-state index contributed by atoms with van der Waals surface area (Å²) in [6.45, 7) is 0.144. The van der Waals surface area contributed by atoms with Crippen molar-refractivity contribution in [3.05, 3.63) is 36.7 Å². The second-order valence-corrected chi connectivity index (χ2v) is 3.71. The van der Waals surface area contributed by atoms with Crippen LogP contribution in [0.1, 0.15) is 0 Å². The van der Waals surface area contributed by atoms with E-state index in [4.69, 9.17) is 10.5 Å². The summed E-state index contributed by atoms with van der Waals surface area (Å²) >= 11 is 0. The maximum atomic E-state index is 11.8. The van der Waals surface area contributed by atoms with E-state index in [0.29, 0.717) is 17.1 Å². The van der Waals surface area contributed by atoms with Crippen molar-refractivity contribution in [2.75, 3.05) is 18.2 Å². The Morgan fingerprint density at radius 2 is 2.39 bits per heavy atom. The molecule has 18 heavy (non-hydrogen) atoms. The molecular formula is C12H14N4O2. The second-order valence-electron chi connectivity index (χ2n) is 3.71. The number of aromatic nitrogens is 2. The van der Waals surface area contributed by atoms with E-state index in [1.807, 2.05) is 0 Å². The molecule has 0 aliphatic heterocycles. The first-order chi connectivity index (χ1) is 8.69. The molecule has 6 heteroatoms. The average molecular weight is 246 g/mol. The number of nitrogen functional groups attached to an aromatic ring is 1. The second kappa shape index (κ2) is 5.22. The number of anilines is 2. The molecule has 1 aromatic heterocycles. The SMILES string of the molecule is COc1ccc(N)cc1NC(=O)Cn1cccn1. The van der Waals surface area contributed by atoms with Gasteiger partial charge in [-0.15, -0.1) is 0 Å². The molecule has 1 aromatic carbocycles. The van der Waals surface area contributed by atoms with Crippen LogP contribution in [0.4, 0.5) is 11.4 Å². The Morgan fingerprint density at radius 3 is 3.06 bits per heavy atom. The number of benzene rings is 1. The van der Waals surface area contributed by atoms with Crippen LogP contribution in [-0.2, 0) is 11.3 Å². The molecule has 0 saturated carbocycles. The van der Waals surface area contributed by atoms with Gasteiger partial charge in [-0.05, 0) is 24.3 Å². The number of nitrogens with two attached hydrogens (primary N) is 1. The van der Waals surface area contributed by atoms with Gasteiger partial charge in [0.1, 0.15) is 12.3 Å². The number of nitrogens with one attached hydrogen (secondary N) is 1. The number of carbonyl (C=O) groups excluding carboxylic acids is 1. The van der Waals surface area contributed by atoms with Crippen molar-refractivity contribution in [2.45, 2.75) is 6.54 Å². The average Bonchev–Trinajstić information content (AvgIpc) is 2.82. The molecule has 1 amide bonds. The predicted octanol–water partition coefficient (Wildman–Crippen LogP) is 1.11. The largest absolute Gasteiger partial charge is 0.495 e. The number of nitrogens with zero attached hydrogens (tertiary/aromatic N) is 2. The quantitative estimate of drug-likeness (QED) is 0.792. The van der Waals surface area contributed by atoms with Crippen LogP contribution in [0.15, 0.2) is 36.7 Å². The Bertz CT molecular complexity index is 537.